The highest BCUT2D eigenvalue weighted by molar-refractivity contribution is 6.19. The molecule has 102 valence electrons. The summed E-state index contributed by atoms with van der Waals surface area (Å²) in [5.41, 5.74) is 0.452. The van der Waals surface area contributed by atoms with Crippen LogP contribution in [-0.4, -0.2) is 24.0 Å². The van der Waals surface area contributed by atoms with Crippen LogP contribution < -0.4 is 4.74 Å². The molecule has 0 amide bonds. The normalized spacial score (nSPS) is 11.4. The molecular formula is C16H14O4. The number of Topliss-reactive ketones (excluding diaryl/α,β-unsaturated/α-hetero) is 1. The first-order valence-electron chi connectivity index (χ1n) is 6.05. The predicted octanol–water partition coefficient (Wildman–Crippen LogP) is 2.91. The molecule has 0 unspecified atom stereocenters. The predicted molar refractivity (Wildman–Crippen MR) is 76.8 cm³/mol. The molecule has 2 aromatic carbocycles. The van der Waals surface area contributed by atoms with Crippen LogP contribution in [0.1, 0.15) is 12.5 Å². The molecule has 4 nitrogen and oxygen atoms in total. The lowest BCUT2D eigenvalue weighted by Crippen LogP contribution is -2.08. The summed E-state index contributed by atoms with van der Waals surface area (Å²) in [6.07, 6.45) is 1.38. The lowest BCUT2D eigenvalue weighted by Gasteiger charge is -2.04. The molecule has 20 heavy (non-hydrogen) atoms. The van der Waals surface area contributed by atoms with Gasteiger partial charge < -0.3 is 9.84 Å². The van der Waals surface area contributed by atoms with Crippen molar-refractivity contribution in [2.24, 2.45) is 0 Å². The van der Waals surface area contributed by atoms with E-state index < -0.39 is 11.8 Å². The van der Waals surface area contributed by atoms with E-state index >= 15 is 0 Å². The first-order chi connectivity index (χ1) is 9.51. The van der Waals surface area contributed by atoms with Crippen LogP contribution in [0.4, 0.5) is 0 Å². The van der Waals surface area contributed by atoms with Crippen molar-refractivity contribution < 1.29 is 19.4 Å². The zero-order valence-electron chi connectivity index (χ0n) is 11.2. The van der Waals surface area contributed by atoms with Gasteiger partial charge in [-0.2, -0.15) is 0 Å². The Morgan fingerprint density at radius 3 is 2.35 bits per heavy atom. The molecule has 0 bridgehead atoms. The van der Waals surface area contributed by atoms with Gasteiger partial charge in [0.2, 0.25) is 0 Å². The Bertz CT molecular complexity index is 697. The van der Waals surface area contributed by atoms with Gasteiger partial charge in [-0.25, -0.2) is 4.79 Å². The van der Waals surface area contributed by atoms with Crippen molar-refractivity contribution in [3.8, 4) is 5.75 Å². The molecule has 4 heteroatoms. The second-order valence-electron chi connectivity index (χ2n) is 4.39. The largest absolute Gasteiger partial charge is 0.497 e. The molecule has 2 aromatic rings. The van der Waals surface area contributed by atoms with Crippen molar-refractivity contribution in [3.05, 3.63) is 47.5 Å². The standard InChI is InChI=1S/C16H14O4/c1-10(17)15(16(18)19)8-11-3-4-13-9-14(20-2)6-5-12(13)7-11/h3-9H,1-2H3,(H,18,19). The molecule has 0 radical (unpaired) electrons. The van der Waals surface area contributed by atoms with Gasteiger partial charge in [0.05, 0.1) is 7.11 Å². The van der Waals surface area contributed by atoms with Crippen LogP contribution in [0.25, 0.3) is 16.8 Å². The maximum atomic E-state index is 11.3. The second kappa shape index (κ2) is 5.57. The maximum Gasteiger partial charge on any atom is 0.339 e. The zero-order chi connectivity index (χ0) is 14.7. The van der Waals surface area contributed by atoms with Crippen LogP contribution >= 0.6 is 0 Å². The number of hydrogen-bond acceptors (Lipinski definition) is 3. The number of ether oxygens (including phenoxy) is 1. The van der Waals surface area contributed by atoms with Gasteiger partial charge in [-0.3, -0.25) is 4.79 Å². The van der Waals surface area contributed by atoms with E-state index in [-0.39, 0.29) is 5.57 Å². The molecule has 0 saturated carbocycles. The van der Waals surface area contributed by atoms with E-state index in [1.165, 1.54) is 13.0 Å². The molecule has 0 aliphatic rings. The number of carbonyl (C=O) groups excluding carboxylic acids is 1. The Kier molecular flexibility index (Phi) is 3.84. The summed E-state index contributed by atoms with van der Waals surface area (Å²) in [5.74, 6) is -0.921. The lowest BCUT2D eigenvalue weighted by atomic mass is 10.0. The molecule has 0 atom stereocenters. The Morgan fingerprint density at radius 2 is 1.75 bits per heavy atom. The molecule has 1 N–H and O–H groups in total. The van der Waals surface area contributed by atoms with Crippen LogP contribution in [0, 0.1) is 0 Å². The summed E-state index contributed by atoms with van der Waals surface area (Å²) in [4.78, 5) is 22.3. The van der Waals surface area contributed by atoms with Gasteiger partial charge in [-0.05, 0) is 47.5 Å². The number of carboxylic acid groups (broad SMARTS) is 1. The molecular weight excluding hydrogens is 256 g/mol. The second-order valence-corrected chi connectivity index (χ2v) is 4.39. The van der Waals surface area contributed by atoms with E-state index in [4.69, 9.17) is 9.84 Å². The number of aliphatic carboxylic acids is 1. The minimum Gasteiger partial charge on any atom is -0.497 e. The van der Waals surface area contributed by atoms with E-state index in [1.54, 1.807) is 13.2 Å². The number of rotatable bonds is 4. The summed E-state index contributed by atoms with van der Waals surface area (Å²) < 4.78 is 5.15. The van der Waals surface area contributed by atoms with E-state index in [9.17, 15) is 9.59 Å². The zero-order valence-corrected chi connectivity index (χ0v) is 11.2. The molecule has 0 spiro atoms. The molecule has 0 fully saturated rings. The molecule has 0 saturated heterocycles. The molecule has 0 aliphatic carbocycles. The van der Waals surface area contributed by atoms with Gasteiger partial charge in [-0.15, -0.1) is 0 Å². The van der Waals surface area contributed by atoms with E-state index in [0.29, 0.717) is 5.56 Å². The fourth-order valence-electron chi connectivity index (χ4n) is 1.94. The molecule has 0 aliphatic heterocycles. The SMILES string of the molecule is COc1ccc2cc(C=C(C(C)=O)C(=O)O)ccc2c1. The average molecular weight is 270 g/mol. The fraction of sp³-hybridized carbons (Fsp3) is 0.125. The van der Waals surface area contributed by atoms with E-state index in [0.717, 1.165) is 16.5 Å². The Morgan fingerprint density at radius 1 is 1.10 bits per heavy atom. The highest BCUT2D eigenvalue weighted by Crippen LogP contribution is 2.22. The van der Waals surface area contributed by atoms with Gasteiger partial charge >= 0.3 is 5.97 Å². The van der Waals surface area contributed by atoms with Gasteiger partial charge in [0, 0.05) is 0 Å². The fourth-order valence-corrected chi connectivity index (χ4v) is 1.94. The van der Waals surface area contributed by atoms with Gasteiger partial charge in [0.1, 0.15) is 11.3 Å². The quantitative estimate of drug-likeness (QED) is 0.527. The Labute approximate surface area is 116 Å². The minimum atomic E-state index is -1.22. The third-order valence-electron chi connectivity index (χ3n) is 2.99. The average Bonchev–Trinajstić information content (AvgIpc) is 2.43. The van der Waals surface area contributed by atoms with Crippen LogP contribution in [0.15, 0.2) is 42.0 Å². The van der Waals surface area contributed by atoms with Crippen LogP contribution in [-0.2, 0) is 9.59 Å². The number of hydrogen-bond donors (Lipinski definition) is 1. The summed E-state index contributed by atoms with van der Waals surface area (Å²) in [7, 11) is 1.60. The summed E-state index contributed by atoms with van der Waals surface area (Å²) in [5, 5.41) is 10.9. The molecule has 2 rings (SSSR count). The summed E-state index contributed by atoms with van der Waals surface area (Å²) in [6.45, 7) is 1.24. The molecule has 0 heterocycles. The van der Waals surface area contributed by atoms with Crippen molar-refractivity contribution >= 4 is 28.6 Å². The first-order valence-corrected chi connectivity index (χ1v) is 6.05. The number of benzene rings is 2. The van der Waals surface area contributed by atoms with Crippen LogP contribution in [0.3, 0.4) is 0 Å². The Hall–Kier alpha value is -2.62. The van der Waals surface area contributed by atoms with E-state index in [2.05, 4.69) is 0 Å². The van der Waals surface area contributed by atoms with Crippen molar-refractivity contribution in [1.29, 1.82) is 0 Å². The topological polar surface area (TPSA) is 63.6 Å². The lowest BCUT2D eigenvalue weighted by molar-refractivity contribution is -0.134. The third kappa shape index (κ3) is 2.85. The van der Waals surface area contributed by atoms with Crippen molar-refractivity contribution in [3.63, 3.8) is 0 Å². The van der Waals surface area contributed by atoms with Crippen LogP contribution in [0.2, 0.25) is 0 Å². The highest BCUT2D eigenvalue weighted by Gasteiger charge is 2.12. The van der Waals surface area contributed by atoms with Gasteiger partial charge in [0.15, 0.2) is 5.78 Å². The smallest absolute Gasteiger partial charge is 0.339 e. The van der Waals surface area contributed by atoms with Crippen molar-refractivity contribution in [2.45, 2.75) is 6.92 Å². The number of carboxylic acids is 1. The first kappa shape index (κ1) is 13.8. The monoisotopic (exact) mass is 270 g/mol. The van der Waals surface area contributed by atoms with Gasteiger partial charge in [0.25, 0.3) is 0 Å². The number of methoxy groups -OCH3 is 1. The van der Waals surface area contributed by atoms with Crippen LogP contribution in [0.5, 0.6) is 5.75 Å². The Balaban J connectivity index is 2.49. The summed E-state index contributed by atoms with van der Waals surface area (Å²) in [6, 6.07) is 11.1. The van der Waals surface area contributed by atoms with E-state index in [1.807, 2.05) is 30.3 Å². The molecule has 0 aromatic heterocycles. The number of fused-ring (bicyclic) bond motifs is 1. The van der Waals surface area contributed by atoms with Crippen molar-refractivity contribution in [2.75, 3.05) is 7.11 Å². The number of ketones is 1. The maximum absolute atomic E-state index is 11.3. The summed E-state index contributed by atoms with van der Waals surface area (Å²) >= 11 is 0. The van der Waals surface area contributed by atoms with Gasteiger partial charge in [-0.1, -0.05) is 18.2 Å². The number of carbonyl (C=O) groups is 2. The highest BCUT2D eigenvalue weighted by atomic mass is 16.5. The minimum absolute atomic E-state index is 0.224. The van der Waals surface area contributed by atoms with Crippen molar-refractivity contribution in [1.82, 2.24) is 0 Å². The third-order valence-corrected chi connectivity index (χ3v) is 2.99.